The maximum Gasteiger partial charge on any atom is 0.304 e. The molecule has 0 spiro atoms. The van der Waals surface area contributed by atoms with Gasteiger partial charge < -0.3 is 4.42 Å². The van der Waals surface area contributed by atoms with Crippen molar-refractivity contribution in [1.29, 1.82) is 0 Å². The zero-order chi connectivity index (χ0) is 14.5. The van der Waals surface area contributed by atoms with Crippen LogP contribution in [0.1, 0.15) is 35.8 Å². The van der Waals surface area contributed by atoms with Crippen LogP contribution in [0.15, 0.2) is 34.9 Å². The summed E-state index contributed by atoms with van der Waals surface area (Å²) in [5, 5.41) is 0.433. The number of aryl methyl sites for hydroxylation is 1. The van der Waals surface area contributed by atoms with Crippen molar-refractivity contribution in [2.24, 2.45) is 0 Å². The lowest BCUT2D eigenvalue weighted by Gasteiger charge is -2.19. The van der Waals surface area contributed by atoms with Crippen molar-refractivity contribution in [2.45, 2.75) is 26.7 Å². The fraction of sp³-hybridized carbons (Fsp3) is 0.333. The lowest BCUT2D eigenvalue weighted by molar-refractivity contribution is 0.0981. The molecule has 1 aromatic carbocycles. The predicted molar refractivity (Wildman–Crippen MR) is 79.3 cm³/mol. The first-order chi connectivity index (χ1) is 9.63. The van der Waals surface area contributed by atoms with E-state index in [1.807, 2.05) is 6.92 Å². The van der Waals surface area contributed by atoms with Gasteiger partial charge in [0, 0.05) is 6.54 Å². The zero-order valence-corrected chi connectivity index (χ0v) is 12.4. The summed E-state index contributed by atoms with van der Waals surface area (Å²) in [6, 6.07) is 7.32. The van der Waals surface area contributed by atoms with Gasteiger partial charge in [-0.1, -0.05) is 37.1 Å². The Bertz CT molecular complexity index is 595. The van der Waals surface area contributed by atoms with Crippen molar-refractivity contribution in [2.75, 3.05) is 11.4 Å². The average Bonchev–Trinajstić information content (AvgIpc) is 2.86. The molecule has 2 rings (SSSR count). The molecule has 0 saturated heterocycles. The number of benzene rings is 1. The molecule has 106 valence electrons. The monoisotopic (exact) mass is 292 g/mol. The summed E-state index contributed by atoms with van der Waals surface area (Å²) in [5.41, 5.74) is 1.20. The third-order valence-corrected chi connectivity index (χ3v) is 3.25. The Balaban J connectivity index is 2.31. The van der Waals surface area contributed by atoms with Crippen molar-refractivity contribution < 1.29 is 9.21 Å². The lowest BCUT2D eigenvalue weighted by atomic mass is 10.2. The molecule has 0 saturated carbocycles. The van der Waals surface area contributed by atoms with Gasteiger partial charge in [0.2, 0.25) is 0 Å². The molecule has 2 aromatic rings. The van der Waals surface area contributed by atoms with Gasteiger partial charge in [-0.25, -0.2) is 0 Å². The Morgan fingerprint density at radius 3 is 2.75 bits per heavy atom. The van der Waals surface area contributed by atoms with Crippen LogP contribution in [0.4, 0.5) is 6.01 Å². The van der Waals surface area contributed by atoms with Crippen molar-refractivity contribution in [3.63, 3.8) is 0 Å². The highest BCUT2D eigenvalue weighted by atomic mass is 35.5. The summed E-state index contributed by atoms with van der Waals surface area (Å²) in [6.07, 6.45) is 3.39. The van der Waals surface area contributed by atoms with Gasteiger partial charge in [-0.05, 0) is 25.5 Å². The first-order valence-corrected chi connectivity index (χ1v) is 6.99. The molecule has 0 aliphatic heterocycles. The normalized spacial score (nSPS) is 10.6. The molecule has 5 heteroatoms. The molecular formula is C15H17ClN2O2. The summed E-state index contributed by atoms with van der Waals surface area (Å²) in [5.74, 6) is -0.189. The molecule has 0 bridgehead atoms. The van der Waals surface area contributed by atoms with E-state index < -0.39 is 0 Å². The predicted octanol–water partition coefficient (Wildman–Crippen LogP) is 4.08. The Hall–Kier alpha value is -1.81. The van der Waals surface area contributed by atoms with E-state index in [4.69, 9.17) is 16.0 Å². The van der Waals surface area contributed by atoms with Gasteiger partial charge in [-0.15, -0.1) is 0 Å². The maximum atomic E-state index is 12.6. The molecule has 0 N–H and O–H groups in total. The lowest BCUT2D eigenvalue weighted by Crippen LogP contribution is -2.32. The fourth-order valence-corrected chi connectivity index (χ4v) is 2.06. The van der Waals surface area contributed by atoms with Gasteiger partial charge in [0.15, 0.2) is 0 Å². The number of amides is 1. The van der Waals surface area contributed by atoms with Crippen LogP contribution in [0.5, 0.6) is 0 Å². The Labute approximate surface area is 123 Å². The molecule has 4 nitrogen and oxygen atoms in total. The van der Waals surface area contributed by atoms with E-state index in [-0.39, 0.29) is 5.91 Å². The van der Waals surface area contributed by atoms with Crippen LogP contribution in [-0.2, 0) is 0 Å². The minimum atomic E-state index is -0.189. The Morgan fingerprint density at radius 2 is 2.15 bits per heavy atom. The molecule has 0 unspecified atom stereocenters. The van der Waals surface area contributed by atoms with Crippen LogP contribution in [0.2, 0.25) is 5.02 Å². The van der Waals surface area contributed by atoms with Crippen LogP contribution in [0.25, 0.3) is 0 Å². The molecule has 20 heavy (non-hydrogen) atoms. The third kappa shape index (κ3) is 3.20. The van der Waals surface area contributed by atoms with E-state index in [2.05, 4.69) is 11.9 Å². The molecule has 0 atom stereocenters. The number of carbonyl (C=O) groups excluding carboxylic acids is 1. The van der Waals surface area contributed by atoms with Gasteiger partial charge in [-0.3, -0.25) is 9.69 Å². The van der Waals surface area contributed by atoms with Gasteiger partial charge >= 0.3 is 6.01 Å². The number of hydrogen-bond acceptors (Lipinski definition) is 3. The number of carbonyl (C=O) groups is 1. The third-order valence-electron chi connectivity index (χ3n) is 2.92. The molecule has 0 aliphatic carbocycles. The van der Waals surface area contributed by atoms with E-state index in [1.165, 1.54) is 11.2 Å². The quantitative estimate of drug-likeness (QED) is 0.834. The van der Waals surface area contributed by atoms with Crippen LogP contribution >= 0.6 is 11.6 Å². The van der Waals surface area contributed by atoms with Gasteiger partial charge in [-0.2, -0.15) is 4.98 Å². The van der Waals surface area contributed by atoms with Crippen LogP contribution in [-0.4, -0.2) is 17.4 Å². The first kappa shape index (κ1) is 14.6. The van der Waals surface area contributed by atoms with E-state index in [1.54, 1.807) is 24.3 Å². The number of unbranched alkanes of at least 4 members (excludes halogenated alkanes) is 1. The van der Waals surface area contributed by atoms with Crippen molar-refractivity contribution in [3.8, 4) is 0 Å². The second-order valence-corrected chi connectivity index (χ2v) is 4.97. The van der Waals surface area contributed by atoms with Crippen molar-refractivity contribution in [3.05, 3.63) is 46.8 Å². The van der Waals surface area contributed by atoms with Crippen LogP contribution < -0.4 is 4.90 Å². The number of oxazole rings is 1. The van der Waals surface area contributed by atoms with E-state index in [0.717, 1.165) is 18.5 Å². The average molecular weight is 293 g/mol. The van der Waals surface area contributed by atoms with Crippen LogP contribution in [0, 0.1) is 6.92 Å². The van der Waals surface area contributed by atoms with Crippen molar-refractivity contribution in [1.82, 2.24) is 4.98 Å². The summed E-state index contributed by atoms with van der Waals surface area (Å²) < 4.78 is 5.36. The Kier molecular flexibility index (Phi) is 4.79. The second kappa shape index (κ2) is 6.57. The molecular weight excluding hydrogens is 276 g/mol. The second-order valence-electron chi connectivity index (χ2n) is 4.56. The van der Waals surface area contributed by atoms with Crippen LogP contribution in [0.3, 0.4) is 0 Å². The summed E-state index contributed by atoms with van der Waals surface area (Å²) in [4.78, 5) is 18.4. The van der Waals surface area contributed by atoms with Gasteiger partial charge in [0.05, 0.1) is 16.3 Å². The minimum absolute atomic E-state index is 0.189. The van der Waals surface area contributed by atoms with Crippen molar-refractivity contribution >= 4 is 23.5 Å². The number of rotatable bonds is 5. The minimum Gasteiger partial charge on any atom is -0.431 e. The SMILES string of the molecule is CCCCN(C(=O)c1ccccc1Cl)c1nc(C)co1. The zero-order valence-electron chi connectivity index (χ0n) is 11.6. The summed E-state index contributed by atoms with van der Waals surface area (Å²) in [7, 11) is 0. The standard InChI is InChI=1S/C15H17ClN2O2/c1-3-4-9-18(15-17-11(2)10-20-15)14(19)12-7-5-6-8-13(12)16/h5-8,10H,3-4,9H2,1-2H3. The number of aromatic nitrogens is 1. The number of halogens is 1. The maximum absolute atomic E-state index is 12.6. The highest BCUT2D eigenvalue weighted by Crippen LogP contribution is 2.21. The topological polar surface area (TPSA) is 46.3 Å². The summed E-state index contributed by atoms with van der Waals surface area (Å²) >= 11 is 6.09. The number of anilines is 1. The fourth-order valence-electron chi connectivity index (χ4n) is 1.85. The van der Waals surface area contributed by atoms with Gasteiger partial charge in [0.25, 0.3) is 5.91 Å². The van der Waals surface area contributed by atoms with E-state index in [0.29, 0.717) is 23.1 Å². The Morgan fingerprint density at radius 1 is 1.40 bits per heavy atom. The molecule has 0 fully saturated rings. The largest absolute Gasteiger partial charge is 0.431 e. The molecule has 1 heterocycles. The summed E-state index contributed by atoms with van der Waals surface area (Å²) in [6.45, 7) is 4.45. The smallest absolute Gasteiger partial charge is 0.304 e. The molecule has 0 radical (unpaired) electrons. The first-order valence-electron chi connectivity index (χ1n) is 6.62. The number of nitrogens with zero attached hydrogens (tertiary/aromatic N) is 2. The molecule has 1 aromatic heterocycles. The highest BCUT2D eigenvalue weighted by Gasteiger charge is 2.22. The molecule has 0 aliphatic rings. The number of hydrogen-bond donors (Lipinski definition) is 0. The van der Waals surface area contributed by atoms with E-state index >= 15 is 0 Å². The van der Waals surface area contributed by atoms with E-state index in [9.17, 15) is 4.79 Å². The van der Waals surface area contributed by atoms with Gasteiger partial charge in [0.1, 0.15) is 6.26 Å². The molecule has 1 amide bonds. The highest BCUT2D eigenvalue weighted by molar-refractivity contribution is 6.34.